The second-order valence-electron chi connectivity index (χ2n) is 6.29. The third-order valence-corrected chi connectivity index (χ3v) is 2.80. The molecule has 0 bridgehead atoms. The molecule has 16 heavy (non-hydrogen) atoms. The molecule has 3 nitrogen and oxygen atoms in total. The molecule has 0 radical (unpaired) electrons. The molecule has 3 heteroatoms. The Bertz CT molecular complexity index is 188. The molecule has 0 saturated heterocycles. The van der Waals surface area contributed by atoms with Crippen molar-refractivity contribution in [2.45, 2.75) is 39.7 Å². The Balaban J connectivity index is 3.73. The maximum absolute atomic E-state index is 5.39. The molecule has 0 aromatic heterocycles. The summed E-state index contributed by atoms with van der Waals surface area (Å²) >= 11 is 0. The quantitative estimate of drug-likeness (QED) is 0.645. The van der Waals surface area contributed by atoms with Gasteiger partial charge in [-0.15, -0.1) is 0 Å². The Hall–Kier alpha value is -0.120. The summed E-state index contributed by atoms with van der Waals surface area (Å²) in [7, 11) is 6.02. The SMILES string of the molecule is COC(C)(C)CCNCC(C)(C)CN(C)C. The van der Waals surface area contributed by atoms with Crippen LogP contribution < -0.4 is 5.32 Å². The van der Waals surface area contributed by atoms with Gasteiger partial charge in [-0.25, -0.2) is 0 Å². The molecule has 0 aromatic carbocycles. The van der Waals surface area contributed by atoms with Crippen molar-refractivity contribution in [3.63, 3.8) is 0 Å². The molecule has 0 amide bonds. The van der Waals surface area contributed by atoms with Crippen molar-refractivity contribution in [3.05, 3.63) is 0 Å². The van der Waals surface area contributed by atoms with Crippen molar-refractivity contribution in [2.75, 3.05) is 40.8 Å². The Labute approximate surface area is 102 Å². The normalized spacial score (nSPS) is 13.5. The van der Waals surface area contributed by atoms with Crippen molar-refractivity contribution >= 4 is 0 Å². The summed E-state index contributed by atoms with van der Waals surface area (Å²) in [6.45, 7) is 12.0. The van der Waals surface area contributed by atoms with E-state index in [1.807, 2.05) is 0 Å². The highest BCUT2D eigenvalue weighted by atomic mass is 16.5. The molecule has 0 heterocycles. The molecular weight excluding hydrogens is 200 g/mol. The zero-order chi connectivity index (χ0) is 12.8. The largest absolute Gasteiger partial charge is 0.379 e. The Morgan fingerprint density at radius 2 is 1.69 bits per heavy atom. The lowest BCUT2D eigenvalue weighted by Gasteiger charge is -2.29. The molecule has 0 atom stereocenters. The highest BCUT2D eigenvalue weighted by Gasteiger charge is 2.19. The van der Waals surface area contributed by atoms with Crippen LogP contribution in [-0.4, -0.2) is 51.3 Å². The van der Waals surface area contributed by atoms with E-state index in [0.717, 1.165) is 26.1 Å². The number of nitrogens with zero attached hydrogens (tertiary/aromatic N) is 1. The van der Waals surface area contributed by atoms with E-state index >= 15 is 0 Å². The van der Waals surface area contributed by atoms with Crippen molar-refractivity contribution in [2.24, 2.45) is 5.41 Å². The minimum atomic E-state index is -0.0152. The second-order valence-corrected chi connectivity index (χ2v) is 6.29. The number of hydrogen-bond acceptors (Lipinski definition) is 3. The minimum absolute atomic E-state index is 0.0152. The van der Waals surface area contributed by atoms with Gasteiger partial charge in [0.05, 0.1) is 5.60 Å². The van der Waals surface area contributed by atoms with Gasteiger partial charge in [0.2, 0.25) is 0 Å². The van der Waals surface area contributed by atoms with Gasteiger partial charge in [0.1, 0.15) is 0 Å². The smallest absolute Gasteiger partial charge is 0.0634 e. The van der Waals surface area contributed by atoms with E-state index in [1.54, 1.807) is 7.11 Å². The van der Waals surface area contributed by atoms with Crippen LogP contribution in [0.25, 0.3) is 0 Å². The van der Waals surface area contributed by atoms with Gasteiger partial charge in [-0.05, 0) is 46.3 Å². The van der Waals surface area contributed by atoms with Crippen LogP contribution in [0.4, 0.5) is 0 Å². The van der Waals surface area contributed by atoms with Crippen LogP contribution in [0.2, 0.25) is 0 Å². The summed E-state index contributed by atoms with van der Waals surface area (Å²) in [5.74, 6) is 0. The molecular formula is C13H30N2O. The van der Waals surface area contributed by atoms with Gasteiger partial charge in [0.25, 0.3) is 0 Å². The van der Waals surface area contributed by atoms with Gasteiger partial charge in [0, 0.05) is 20.2 Å². The standard InChI is InChI=1S/C13H30N2O/c1-12(2,11-15(5)6)10-14-9-8-13(3,4)16-7/h14H,8-11H2,1-7H3. The maximum Gasteiger partial charge on any atom is 0.0634 e. The number of rotatable bonds is 8. The average Bonchev–Trinajstić information content (AvgIpc) is 2.11. The van der Waals surface area contributed by atoms with Crippen LogP contribution in [0.5, 0.6) is 0 Å². The van der Waals surface area contributed by atoms with Gasteiger partial charge >= 0.3 is 0 Å². The molecule has 0 rings (SSSR count). The topological polar surface area (TPSA) is 24.5 Å². The molecule has 0 aliphatic carbocycles. The Morgan fingerprint density at radius 3 is 2.12 bits per heavy atom. The Kier molecular flexibility index (Phi) is 6.53. The van der Waals surface area contributed by atoms with Gasteiger partial charge < -0.3 is 15.0 Å². The zero-order valence-corrected chi connectivity index (χ0v) is 12.2. The fraction of sp³-hybridized carbons (Fsp3) is 1.00. The molecule has 0 aromatic rings. The first kappa shape index (κ1) is 15.9. The van der Waals surface area contributed by atoms with E-state index in [-0.39, 0.29) is 5.60 Å². The third-order valence-electron chi connectivity index (χ3n) is 2.80. The van der Waals surface area contributed by atoms with E-state index in [9.17, 15) is 0 Å². The summed E-state index contributed by atoms with van der Waals surface area (Å²) < 4.78 is 5.39. The van der Waals surface area contributed by atoms with Crippen molar-refractivity contribution in [1.29, 1.82) is 0 Å². The summed E-state index contributed by atoms with van der Waals surface area (Å²) in [4.78, 5) is 2.24. The van der Waals surface area contributed by atoms with Gasteiger partial charge in [-0.1, -0.05) is 13.8 Å². The lowest BCUT2D eigenvalue weighted by molar-refractivity contribution is 0.0153. The van der Waals surface area contributed by atoms with Crippen molar-refractivity contribution < 1.29 is 4.74 Å². The minimum Gasteiger partial charge on any atom is -0.379 e. The summed E-state index contributed by atoms with van der Waals surface area (Å²) in [5.41, 5.74) is 0.305. The average molecular weight is 230 g/mol. The Morgan fingerprint density at radius 1 is 1.12 bits per heavy atom. The highest BCUT2D eigenvalue weighted by Crippen LogP contribution is 2.15. The molecule has 98 valence electrons. The van der Waals surface area contributed by atoms with Crippen LogP contribution in [0.15, 0.2) is 0 Å². The fourth-order valence-corrected chi connectivity index (χ4v) is 1.83. The lowest BCUT2D eigenvalue weighted by Crippen LogP contribution is -2.39. The van der Waals surface area contributed by atoms with E-state index in [4.69, 9.17) is 4.74 Å². The van der Waals surface area contributed by atoms with Crippen molar-refractivity contribution in [1.82, 2.24) is 10.2 Å². The molecule has 0 spiro atoms. The summed E-state index contributed by atoms with van der Waals surface area (Å²) in [6.07, 6.45) is 1.04. The monoisotopic (exact) mass is 230 g/mol. The second kappa shape index (κ2) is 6.58. The zero-order valence-electron chi connectivity index (χ0n) is 12.2. The first-order chi connectivity index (χ1) is 7.18. The van der Waals surface area contributed by atoms with Crippen LogP contribution in [-0.2, 0) is 4.74 Å². The number of ether oxygens (including phenoxy) is 1. The van der Waals surface area contributed by atoms with Gasteiger partial charge in [0.15, 0.2) is 0 Å². The number of hydrogen-bond donors (Lipinski definition) is 1. The number of methoxy groups -OCH3 is 1. The predicted molar refractivity (Wildman–Crippen MR) is 70.9 cm³/mol. The molecule has 0 aliphatic rings. The van der Waals surface area contributed by atoms with Crippen molar-refractivity contribution in [3.8, 4) is 0 Å². The molecule has 0 aliphatic heterocycles. The lowest BCUT2D eigenvalue weighted by atomic mass is 9.93. The van der Waals surface area contributed by atoms with Crippen LogP contribution >= 0.6 is 0 Å². The summed E-state index contributed by atoms with van der Waals surface area (Å²) in [6, 6.07) is 0. The molecule has 0 unspecified atom stereocenters. The molecule has 0 saturated carbocycles. The third kappa shape index (κ3) is 8.08. The van der Waals surface area contributed by atoms with E-state index in [1.165, 1.54) is 0 Å². The van der Waals surface area contributed by atoms with Gasteiger partial charge in [-0.3, -0.25) is 0 Å². The number of nitrogens with one attached hydrogen (secondary N) is 1. The van der Waals surface area contributed by atoms with E-state index < -0.39 is 0 Å². The summed E-state index contributed by atoms with van der Waals surface area (Å²) in [5, 5.41) is 3.51. The van der Waals surface area contributed by atoms with Gasteiger partial charge in [-0.2, -0.15) is 0 Å². The van der Waals surface area contributed by atoms with E-state index in [2.05, 4.69) is 52.0 Å². The first-order valence-electron chi connectivity index (χ1n) is 6.09. The van der Waals surface area contributed by atoms with Crippen LogP contribution in [0.1, 0.15) is 34.1 Å². The van der Waals surface area contributed by atoms with Crippen LogP contribution in [0, 0.1) is 5.41 Å². The van der Waals surface area contributed by atoms with E-state index in [0.29, 0.717) is 5.41 Å². The predicted octanol–water partition coefficient (Wildman–Crippen LogP) is 1.98. The molecule has 1 N–H and O–H groups in total. The first-order valence-corrected chi connectivity index (χ1v) is 6.09. The molecule has 0 fully saturated rings. The maximum atomic E-state index is 5.39. The fourth-order valence-electron chi connectivity index (χ4n) is 1.83. The van der Waals surface area contributed by atoms with Crippen LogP contribution in [0.3, 0.4) is 0 Å². The highest BCUT2D eigenvalue weighted by molar-refractivity contribution is 4.75.